The second kappa shape index (κ2) is 5.89. The Morgan fingerprint density at radius 3 is 1.75 bits per heavy atom. The van der Waals surface area contributed by atoms with Crippen LogP contribution in [0, 0.1) is 23.7 Å². The van der Waals surface area contributed by atoms with Gasteiger partial charge in [-0.3, -0.25) is 0 Å². The summed E-state index contributed by atoms with van der Waals surface area (Å²) in [5.74, 6) is 4.08. The highest BCUT2D eigenvalue weighted by Crippen LogP contribution is 2.41. The maximum Gasteiger partial charge on any atom is -0.0233 e. The third-order valence-electron chi connectivity index (χ3n) is 5.01. The molecule has 2 aliphatic rings. The maximum atomic E-state index is 2.43. The molecule has 0 aromatic carbocycles. The average Bonchev–Trinajstić information content (AvgIpc) is 2.32. The fourth-order valence-electron chi connectivity index (χ4n) is 3.84. The second-order valence-corrected chi connectivity index (χ2v) is 6.22. The molecule has 2 rings (SSSR count). The van der Waals surface area contributed by atoms with Crippen LogP contribution in [-0.4, -0.2) is 0 Å². The SMILES string of the molecule is CC=CC1CCC(C2CCC(C)CC2)CC1. The van der Waals surface area contributed by atoms with E-state index in [1.807, 2.05) is 0 Å². The third kappa shape index (κ3) is 3.12. The summed E-state index contributed by atoms with van der Waals surface area (Å²) in [5.41, 5.74) is 0. The van der Waals surface area contributed by atoms with Gasteiger partial charge in [-0.15, -0.1) is 0 Å². The van der Waals surface area contributed by atoms with Crippen LogP contribution in [-0.2, 0) is 0 Å². The molecule has 2 saturated carbocycles. The third-order valence-corrected chi connectivity index (χ3v) is 5.01. The van der Waals surface area contributed by atoms with E-state index in [1.54, 1.807) is 0 Å². The van der Waals surface area contributed by atoms with Gasteiger partial charge in [-0.05, 0) is 69.1 Å². The van der Waals surface area contributed by atoms with Crippen LogP contribution in [0.3, 0.4) is 0 Å². The van der Waals surface area contributed by atoms with Crippen molar-refractivity contribution in [3.05, 3.63) is 12.2 Å². The molecule has 2 fully saturated rings. The molecular weight excluding hydrogens is 192 g/mol. The van der Waals surface area contributed by atoms with Gasteiger partial charge in [0, 0.05) is 0 Å². The Balaban J connectivity index is 1.76. The standard InChI is InChI=1S/C16H28/c1-3-4-14-7-11-16(12-8-14)15-9-5-13(2)6-10-15/h3-4,13-16H,5-12H2,1-2H3. The molecule has 0 heterocycles. The van der Waals surface area contributed by atoms with Crippen LogP contribution < -0.4 is 0 Å². The highest BCUT2D eigenvalue weighted by atomic mass is 14.3. The largest absolute Gasteiger partial charge is 0.0914 e. The molecule has 0 amide bonds. The van der Waals surface area contributed by atoms with Crippen LogP contribution in [0.2, 0.25) is 0 Å². The molecule has 0 N–H and O–H groups in total. The fourth-order valence-corrected chi connectivity index (χ4v) is 3.84. The molecule has 92 valence electrons. The first-order valence-corrected chi connectivity index (χ1v) is 7.42. The molecule has 0 bridgehead atoms. The van der Waals surface area contributed by atoms with Gasteiger partial charge in [0.15, 0.2) is 0 Å². The zero-order valence-corrected chi connectivity index (χ0v) is 11.1. The van der Waals surface area contributed by atoms with Gasteiger partial charge in [-0.25, -0.2) is 0 Å². The topological polar surface area (TPSA) is 0 Å². The molecule has 0 spiro atoms. The van der Waals surface area contributed by atoms with Gasteiger partial charge in [0.2, 0.25) is 0 Å². The molecule has 16 heavy (non-hydrogen) atoms. The van der Waals surface area contributed by atoms with Crippen molar-refractivity contribution in [1.82, 2.24) is 0 Å². The van der Waals surface area contributed by atoms with Crippen LogP contribution in [0.4, 0.5) is 0 Å². The first-order valence-electron chi connectivity index (χ1n) is 7.42. The Morgan fingerprint density at radius 2 is 1.25 bits per heavy atom. The number of hydrogen-bond acceptors (Lipinski definition) is 0. The van der Waals surface area contributed by atoms with Gasteiger partial charge in [-0.2, -0.15) is 0 Å². The molecule has 0 aromatic heterocycles. The highest BCUT2D eigenvalue weighted by Gasteiger charge is 2.28. The molecule has 0 saturated heterocycles. The van der Waals surface area contributed by atoms with Crippen molar-refractivity contribution in [1.29, 1.82) is 0 Å². The van der Waals surface area contributed by atoms with Gasteiger partial charge in [-0.1, -0.05) is 31.9 Å². The summed E-state index contributed by atoms with van der Waals surface area (Å²) in [6.07, 6.45) is 16.7. The Morgan fingerprint density at radius 1 is 0.750 bits per heavy atom. The van der Waals surface area contributed by atoms with Crippen LogP contribution >= 0.6 is 0 Å². The normalized spacial score (nSPS) is 41.4. The van der Waals surface area contributed by atoms with E-state index in [4.69, 9.17) is 0 Å². The Labute approximate surface area is 102 Å². The minimum absolute atomic E-state index is 0.906. The molecule has 0 radical (unpaired) electrons. The lowest BCUT2D eigenvalue weighted by Crippen LogP contribution is -2.24. The first-order chi connectivity index (χ1) is 7.79. The Hall–Kier alpha value is -0.260. The summed E-state index contributed by atoms with van der Waals surface area (Å²) in [4.78, 5) is 0. The van der Waals surface area contributed by atoms with Crippen LogP contribution in [0.5, 0.6) is 0 Å². The number of hydrogen-bond donors (Lipinski definition) is 0. The van der Waals surface area contributed by atoms with Crippen molar-refractivity contribution in [3.63, 3.8) is 0 Å². The molecule has 0 unspecified atom stereocenters. The van der Waals surface area contributed by atoms with Crippen LogP contribution in [0.15, 0.2) is 12.2 Å². The molecule has 0 aliphatic heterocycles. The quantitative estimate of drug-likeness (QED) is 0.561. The molecule has 2 aliphatic carbocycles. The predicted molar refractivity (Wildman–Crippen MR) is 71.4 cm³/mol. The zero-order valence-electron chi connectivity index (χ0n) is 11.1. The highest BCUT2D eigenvalue weighted by molar-refractivity contribution is 4.90. The summed E-state index contributed by atoms with van der Waals surface area (Å²) >= 11 is 0. The van der Waals surface area contributed by atoms with E-state index in [-0.39, 0.29) is 0 Å². The molecule has 0 aromatic rings. The van der Waals surface area contributed by atoms with E-state index in [1.165, 1.54) is 51.4 Å². The van der Waals surface area contributed by atoms with E-state index in [2.05, 4.69) is 26.0 Å². The summed E-state index contributed by atoms with van der Waals surface area (Å²) in [6, 6.07) is 0. The summed E-state index contributed by atoms with van der Waals surface area (Å²) in [5, 5.41) is 0. The lowest BCUT2D eigenvalue weighted by atomic mass is 9.69. The summed E-state index contributed by atoms with van der Waals surface area (Å²) in [7, 11) is 0. The average molecular weight is 220 g/mol. The molecule has 0 atom stereocenters. The second-order valence-electron chi connectivity index (χ2n) is 6.22. The van der Waals surface area contributed by atoms with Crippen molar-refractivity contribution in [2.75, 3.05) is 0 Å². The predicted octanol–water partition coefficient (Wildman–Crippen LogP) is 5.20. The lowest BCUT2D eigenvalue weighted by molar-refractivity contribution is 0.160. The lowest BCUT2D eigenvalue weighted by Gasteiger charge is -2.36. The van der Waals surface area contributed by atoms with Crippen LogP contribution in [0.25, 0.3) is 0 Å². The molecule has 0 heteroatoms. The van der Waals surface area contributed by atoms with E-state index in [0.29, 0.717) is 0 Å². The molecule has 0 nitrogen and oxygen atoms in total. The van der Waals surface area contributed by atoms with E-state index in [9.17, 15) is 0 Å². The minimum atomic E-state index is 0.906. The minimum Gasteiger partial charge on any atom is -0.0914 e. The van der Waals surface area contributed by atoms with Crippen molar-refractivity contribution in [2.24, 2.45) is 23.7 Å². The first kappa shape index (κ1) is 12.2. The van der Waals surface area contributed by atoms with Crippen molar-refractivity contribution < 1.29 is 0 Å². The van der Waals surface area contributed by atoms with Crippen molar-refractivity contribution >= 4 is 0 Å². The van der Waals surface area contributed by atoms with Gasteiger partial charge in [0.1, 0.15) is 0 Å². The molecular formula is C16H28. The van der Waals surface area contributed by atoms with Gasteiger partial charge in [0.25, 0.3) is 0 Å². The van der Waals surface area contributed by atoms with Gasteiger partial charge < -0.3 is 0 Å². The summed E-state index contributed by atoms with van der Waals surface area (Å²) < 4.78 is 0. The monoisotopic (exact) mass is 220 g/mol. The van der Waals surface area contributed by atoms with Crippen molar-refractivity contribution in [3.8, 4) is 0 Å². The Bertz CT molecular complexity index is 212. The van der Waals surface area contributed by atoms with E-state index in [0.717, 1.165) is 23.7 Å². The van der Waals surface area contributed by atoms with Gasteiger partial charge in [0.05, 0.1) is 0 Å². The fraction of sp³-hybridized carbons (Fsp3) is 0.875. The van der Waals surface area contributed by atoms with E-state index >= 15 is 0 Å². The van der Waals surface area contributed by atoms with Crippen molar-refractivity contribution in [2.45, 2.75) is 65.2 Å². The smallest absolute Gasteiger partial charge is 0.0233 e. The zero-order chi connectivity index (χ0) is 11.4. The van der Waals surface area contributed by atoms with Crippen LogP contribution in [0.1, 0.15) is 65.2 Å². The maximum absolute atomic E-state index is 2.43. The number of rotatable bonds is 2. The summed E-state index contributed by atoms with van der Waals surface area (Å²) in [6.45, 7) is 4.59. The van der Waals surface area contributed by atoms with Gasteiger partial charge >= 0.3 is 0 Å². The number of allylic oxidation sites excluding steroid dienone is 2. The Kier molecular flexibility index (Phi) is 4.49. The van der Waals surface area contributed by atoms with E-state index < -0.39 is 0 Å².